The van der Waals surface area contributed by atoms with E-state index in [1.807, 2.05) is 17.1 Å². The smallest absolute Gasteiger partial charge is 0.111 e. The van der Waals surface area contributed by atoms with Crippen LogP contribution < -0.4 is 0 Å². The molecule has 1 fully saturated rings. The Bertz CT molecular complexity index is 786. The number of hydrogen-bond donors (Lipinski definition) is 2. The lowest BCUT2D eigenvalue weighted by Gasteiger charge is -2.38. The van der Waals surface area contributed by atoms with Crippen molar-refractivity contribution in [2.24, 2.45) is 0 Å². The number of nitrogens with zero attached hydrogens (tertiary/aromatic N) is 5. The Kier molecular flexibility index (Phi) is 3.16. The zero-order valence-corrected chi connectivity index (χ0v) is 12.3. The first-order valence-corrected chi connectivity index (χ1v) is 7.43. The summed E-state index contributed by atoms with van der Waals surface area (Å²) in [6.45, 7) is 4.52. The van der Waals surface area contributed by atoms with E-state index >= 15 is 0 Å². The molecule has 7 heteroatoms. The fourth-order valence-electron chi connectivity index (χ4n) is 2.84. The molecule has 0 bridgehead atoms. The van der Waals surface area contributed by atoms with Gasteiger partial charge in [0.15, 0.2) is 0 Å². The fourth-order valence-corrected chi connectivity index (χ4v) is 2.84. The van der Waals surface area contributed by atoms with Crippen LogP contribution in [0.2, 0.25) is 0 Å². The molecule has 2 N–H and O–H groups in total. The summed E-state index contributed by atoms with van der Waals surface area (Å²) in [5.41, 5.74) is 2.98. The van der Waals surface area contributed by atoms with Crippen molar-refractivity contribution in [2.45, 2.75) is 25.6 Å². The average molecular weight is 298 g/mol. The highest BCUT2D eigenvalue weighted by Crippen LogP contribution is 2.24. The van der Waals surface area contributed by atoms with E-state index in [-0.39, 0.29) is 0 Å². The third-order valence-corrected chi connectivity index (χ3v) is 4.18. The molecule has 3 aromatic rings. The standard InChI is InChI=1S/C15H18N6O/c1-10(22)15-9-21(19-18-15)13-7-20(8-13)6-11-2-3-12-5-16-17-14(12)4-11/h2-5,9-10,13,22H,6-8H2,1H3,(H,16,17). The predicted molar refractivity (Wildman–Crippen MR) is 81.1 cm³/mol. The van der Waals surface area contributed by atoms with Crippen LogP contribution in [-0.4, -0.2) is 48.3 Å². The van der Waals surface area contributed by atoms with Gasteiger partial charge in [-0.15, -0.1) is 5.10 Å². The Hall–Kier alpha value is -2.25. The summed E-state index contributed by atoms with van der Waals surface area (Å²) >= 11 is 0. The van der Waals surface area contributed by atoms with Crippen LogP contribution >= 0.6 is 0 Å². The molecular weight excluding hydrogens is 280 g/mol. The maximum atomic E-state index is 9.49. The molecule has 114 valence electrons. The van der Waals surface area contributed by atoms with Crippen molar-refractivity contribution in [1.82, 2.24) is 30.1 Å². The maximum absolute atomic E-state index is 9.49. The van der Waals surface area contributed by atoms with Gasteiger partial charge in [-0.25, -0.2) is 4.68 Å². The number of fused-ring (bicyclic) bond motifs is 1. The first-order valence-electron chi connectivity index (χ1n) is 7.43. The molecule has 4 rings (SSSR count). The second kappa shape index (κ2) is 5.19. The van der Waals surface area contributed by atoms with Crippen molar-refractivity contribution >= 4 is 10.9 Å². The molecule has 1 unspecified atom stereocenters. The number of rotatable bonds is 4. The lowest BCUT2D eigenvalue weighted by atomic mass is 10.1. The van der Waals surface area contributed by atoms with Crippen LogP contribution in [0.15, 0.2) is 30.6 Å². The minimum Gasteiger partial charge on any atom is -0.387 e. The number of aliphatic hydroxyl groups excluding tert-OH is 1. The SMILES string of the molecule is CC(O)c1cn(C2CN(Cc3ccc4cn[nH]c4c3)C2)nn1. The topological polar surface area (TPSA) is 82.9 Å². The van der Waals surface area contributed by atoms with Crippen molar-refractivity contribution in [1.29, 1.82) is 0 Å². The lowest BCUT2D eigenvalue weighted by Crippen LogP contribution is -2.47. The van der Waals surface area contributed by atoms with E-state index in [0.29, 0.717) is 11.7 Å². The summed E-state index contributed by atoms with van der Waals surface area (Å²) in [5, 5.41) is 25.8. The molecule has 22 heavy (non-hydrogen) atoms. The van der Waals surface area contributed by atoms with Crippen molar-refractivity contribution in [2.75, 3.05) is 13.1 Å². The monoisotopic (exact) mass is 298 g/mol. The van der Waals surface area contributed by atoms with Crippen LogP contribution in [0.4, 0.5) is 0 Å². The van der Waals surface area contributed by atoms with Crippen molar-refractivity contribution < 1.29 is 5.11 Å². The highest BCUT2D eigenvalue weighted by atomic mass is 16.3. The predicted octanol–water partition coefficient (Wildman–Crippen LogP) is 1.26. The number of likely N-dealkylation sites (tertiary alicyclic amines) is 1. The quantitative estimate of drug-likeness (QED) is 0.758. The van der Waals surface area contributed by atoms with Gasteiger partial charge in [-0.2, -0.15) is 5.10 Å². The minimum atomic E-state index is -0.564. The van der Waals surface area contributed by atoms with E-state index in [1.54, 1.807) is 6.92 Å². The molecule has 0 spiro atoms. The van der Waals surface area contributed by atoms with Gasteiger partial charge in [0.1, 0.15) is 5.69 Å². The first-order chi connectivity index (χ1) is 10.7. The summed E-state index contributed by atoms with van der Waals surface area (Å²) in [4.78, 5) is 2.37. The van der Waals surface area contributed by atoms with Gasteiger partial charge in [-0.3, -0.25) is 10.00 Å². The van der Waals surface area contributed by atoms with Crippen LogP contribution in [0.1, 0.15) is 30.3 Å². The number of hydrogen-bond acceptors (Lipinski definition) is 5. The number of benzene rings is 1. The van der Waals surface area contributed by atoms with Gasteiger partial charge in [-0.1, -0.05) is 17.3 Å². The first kappa shape index (κ1) is 13.4. The van der Waals surface area contributed by atoms with E-state index < -0.39 is 6.10 Å². The molecule has 1 atom stereocenters. The molecule has 0 saturated carbocycles. The molecule has 2 aromatic heterocycles. The van der Waals surface area contributed by atoms with Gasteiger partial charge in [0.05, 0.1) is 30.1 Å². The highest BCUT2D eigenvalue weighted by molar-refractivity contribution is 5.78. The summed E-state index contributed by atoms with van der Waals surface area (Å²) in [6, 6.07) is 6.73. The van der Waals surface area contributed by atoms with E-state index in [4.69, 9.17) is 0 Å². The summed E-state index contributed by atoms with van der Waals surface area (Å²) in [7, 11) is 0. The zero-order valence-electron chi connectivity index (χ0n) is 12.3. The third-order valence-electron chi connectivity index (χ3n) is 4.18. The Balaban J connectivity index is 1.38. The van der Waals surface area contributed by atoms with E-state index in [2.05, 4.69) is 43.6 Å². The van der Waals surface area contributed by atoms with Crippen molar-refractivity contribution in [3.05, 3.63) is 41.9 Å². The Labute approximate surface area is 127 Å². The molecule has 0 radical (unpaired) electrons. The molecule has 0 amide bonds. The van der Waals surface area contributed by atoms with Crippen LogP contribution in [0, 0.1) is 0 Å². The van der Waals surface area contributed by atoms with Gasteiger partial charge in [-0.05, 0) is 18.6 Å². The molecule has 1 aliphatic rings. The van der Waals surface area contributed by atoms with Gasteiger partial charge >= 0.3 is 0 Å². The number of aromatic amines is 1. The summed E-state index contributed by atoms with van der Waals surface area (Å²) < 4.78 is 1.86. The minimum absolute atomic E-state index is 0.343. The second-order valence-electron chi connectivity index (χ2n) is 5.94. The second-order valence-corrected chi connectivity index (χ2v) is 5.94. The number of aliphatic hydroxyl groups is 1. The van der Waals surface area contributed by atoms with Crippen LogP contribution in [-0.2, 0) is 6.54 Å². The van der Waals surface area contributed by atoms with Crippen molar-refractivity contribution in [3.8, 4) is 0 Å². The van der Waals surface area contributed by atoms with Crippen LogP contribution in [0.3, 0.4) is 0 Å². The van der Waals surface area contributed by atoms with Crippen molar-refractivity contribution in [3.63, 3.8) is 0 Å². The molecule has 0 aliphatic carbocycles. The van der Waals surface area contributed by atoms with Crippen LogP contribution in [0.25, 0.3) is 10.9 Å². The van der Waals surface area contributed by atoms with Crippen LogP contribution in [0.5, 0.6) is 0 Å². The van der Waals surface area contributed by atoms with E-state index in [9.17, 15) is 5.11 Å². The molecular formula is C15H18N6O. The summed E-state index contributed by atoms with van der Waals surface area (Å²) in [6.07, 6.45) is 3.11. The molecule has 7 nitrogen and oxygen atoms in total. The summed E-state index contributed by atoms with van der Waals surface area (Å²) in [5.74, 6) is 0. The Morgan fingerprint density at radius 1 is 1.41 bits per heavy atom. The highest BCUT2D eigenvalue weighted by Gasteiger charge is 2.29. The Morgan fingerprint density at radius 3 is 3.05 bits per heavy atom. The molecule has 1 aliphatic heterocycles. The molecule has 1 aromatic carbocycles. The largest absolute Gasteiger partial charge is 0.387 e. The van der Waals surface area contributed by atoms with E-state index in [0.717, 1.165) is 30.5 Å². The normalized spacial score (nSPS) is 17.7. The van der Waals surface area contributed by atoms with Gasteiger partial charge in [0, 0.05) is 25.0 Å². The van der Waals surface area contributed by atoms with Gasteiger partial charge in [0.25, 0.3) is 0 Å². The average Bonchev–Trinajstić information content (AvgIpc) is 3.10. The third kappa shape index (κ3) is 2.38. The molecule has 1 saturated heterocycles. The number of H-pyrrole nitrogens is 1. The molecule has 3 heterocycles. The maximum Gasteiger partial charge on any atom is 0.111 e. The fraction of sp³-hybridized carbons (Fsp3) is 0.400. The zero-order chi connectivity index (χ0) is 15.1. The van der Waals surface area contributed by atoms with E-state index in [1.165, 1.54) is 5.56 Å². The Morgan fingerprint density at radius 2 is 2.27 bits per heavy atom. The van der Waals surface area contributed by atoms with Gasteiger partial charge in [0.2, 0.25) is 0 Å². The number of nitrogens with one attached hydrogen (secondary N) is 1. The van der Waals surface area contributed by atoms with Gasteiger partial charge < -0.3 is 5.11 Å². The number of aromatic nitrogens is 5. The lowest BCUT2D eigenvalue weighted by molar-refractivity contribution is 0.0896.